The summed E-state index contributed by atoms with van der Waals surface area (Å²) in [6, 6.07) is 12.4. The smallest absolute Gasteiger partial charge is 0.252 e. The Balaban J connectivity index is 1.33. The van der Waals surface area contributed by atoms with Gasteiger partial charge in [0.05, 0.1) is 11.4 Å². The molecule has 0 aliphatic carbocycles. The Hall–Kier alpha value is -2.73. The van der Waals surface area contributed by atoms with Crippen LogP contribution in [0.3, 0.4) is 0 Å². The molecule has 0 spiro atoms. The van der Waals surface area contributed by atoms with Crippen molar-refractivity contribution in [3.05, 3.63) is 59.4 Å². The molecule has 0 radical (unpaired) electrons. The van der Waals surface area contributed by atoms with Gasteiger partial charge in [0.15, 0.2) is 5.78 Å². The number of carbonyl (C=O) groups excluding carboxylic acids is 2. The number of carbonyl (C=O) groups is 2. The third kappa shape index (κ3) is 3.30. The molecule has 1 saturated heterocycles. The van der Waals surface area contributed by atoms with Crippen molar-refractivity contribution in [1.29, 1.82) is 0 Å². The van der Waals surface area contributed by atoms with Crippen LogP contribution in [0.1, 0.15) is 56.0 Å². The number of Topliss-reactive ketones (excluding diaryl/α,β-unsaturated/α-hetero) is 1. The topological polar surface area (TPSA) is 43.9 Å². The number of halogens is 1. The molecule has 0 N–H and O–H groups in total. The first-order chi connectivity index (χ1) is 15.6. The molecule has 6 heteroatoms. The van der Waals surface area contributed by atoms with E-state index in [0.717, 1.165) is 38.2 Å². The summed E-state index contributed by atoms with van der Waals surface area (Å²) >= 11 is 0. The molecule has 0 saturated carbocycles. The molecule has 2 aromatic rings. The van der Waals surface area contributed by atoms with Crippen LogP contribution >= 0.6 is 0 Å². The molecule has 1 fully saturated rings. The normalized spacial score (nSPS) is 25.7. The van der Waals surface area contributed by atoms with Crippen LogP contribution in [0.5, 0.6) is 0 Å². The summed E-state index contributed by atoms with van der Waals surface area (Å²) in [4.78, 5) is 32.4. The number of benzene rings is 2. The van der Waals surface area contributed by atoms with Gasteiger partial charge in [-0.2, -0.15) is 0 Å². The molecular formula is C27H32FN3O2. The molecule has 3 aliphatic rings. The number of anilines is 2. The summed E-state index contributed by atoms with van der Waals surface area (Å²) in [6.07, 6.45) is 2.22. The van der Waals surface area contributed by atoms with E-state index in [-0.39, 0.29) is 29.0 Å². The Morgan fingerprint density at radius 2 is 1.85 bits per heavy atom. The van der Waals surface area contributed by atoms with Crippen molar-refractivity contribution >= 4 is 23.1 Å². The monoisotopic (exact) mass is 449 g/mol. The van der Waals surface area contributed by atoms with Gasteiger partial charge in [-0.25, -0.2) is 4.39 Å². The van der Waals surface area contributed by atoms with Crippen molar-refractivity contribution < 1.29 is 14.0 Å². The van der Waals surface area contributed by atoms with Gasteiger partial charge in [0.25, 0.3) is 5.91 Å². The summed E-state index contributed by atoms with van der Waals surface area (Å²) in [5, 5.41) is 0. The van der Waals surface area contributed by atoms with Gasteiger partial charge < -0.3 is 14.7 Å². The van der Waals surface area contributed by atoms with E-state index in [0.29, 0.717) is 12.0 Å². The number of nitrogens with zero attached hydrogens (tertiary/aromatic N) is 3. The van der Waals surface area contributed by atoms with Crippen LogP contribution in [0.4, 0.5) is 15.8 Å². The average Bonchev–Trinajstić information content (AvgIpc) is 3.06. The second-order valence-electron chi connectivity index (χ2n) is 10.5. The number of rotatable bonds is 5. The molecular weight excluding hydrogens is 417 g/mol. The molecule has 3 aliphatic heterocycles. The standard InChI is InChI=1S/C27H32FN3O2/c1-26(2)25(33)29(4)21-8-5-7-20-24(21)31(26)23-14-16-30(17-27(20,23)3)15-6-9-22(32)18-10-12-19(28)13-11-18/h5,7-8,10-13,23H,6,9,14-17H2,1-4H3/t23-,27-/m0/s1. The second-order valence-corrected chi connectivity index (χ2v) is 10.5. The van der Waals surface area contributed by atoms with Gasteiger partial charge in [-0.15, -0.1) is 0 Å². The predicted octanol–water partition coefficient (Wildman–Crippen LogP) is 4.40. The van der Waals surface area contributed by atoms with Crippen LogP contribution in [-0.4, -0.2) is 54.9 Å². The maximum atomic E-state index is 13.2. The number of likely N-dealkylation sites (N-methyl/N-ethyl adjacent to an activating group) is 1. The van der Waals surface area contributed by atoms with Crippen molar-refractivity contribution in [1.82, 2.24) is 4.90 Å². The molecule has 0 bridgehead atoms. The SMILES string of the molecule is CN1C(=O)C(C)(C)N2c3c1cccc3[C@]1(C)CN(CCCC(=O)c3ccc(F)cc3)CC[C@H]21. The lowest BCUT2D eigenvalue weighted by Gasteiger charge is -2.51. The van der Waals surface area contributed by atoms with E-state index in [1.807, 2.05) is 25.8 Å². The van der Waals surface area contributed by atoms with Crippen molar-refractivity contribution in [2.45, 2.75) is 57.0 Å². The Labute approximate surface area is 195 Å². The van der Waals surface area contributed by atoms with Crippen molar-refractivity contribution in [2.24, 2.45) is 0 Å². The third-order valence-electron chi connectivity index (χ3n) is 8.02. The minimum Gasteiger partial charge on any atom is -0.352 e. The highest BCUT2D eigenvalue weighted by Crippen LogP contribution is 2.57. The van der Waals surface area contributed by atoms with Crippen LogP contribution in [0, 0.1) is 5.82 Å². The van der Waals surface area contributed by atoms with E-state index in [9.17, 15) is 14.0 Å². The van der Waals surface area contributed by atoms with Crippen LogP contribution in [-0.2, 0) is 10.2 Å². The number of piperidine rings is 1. The van der Waals surface area contributed by atoms with E-state index < -0.39 is 5.54 Å². The second kappa shape index (κ2) is 7.66. The van der Waals surface area contributed by atoms with Crippen molar-refractivity contribution in [3.8, 4) is 0 Å². The summed E-state index contributed by atoms with van der Waals surface area (Å²) in [7, 11) is 1.88. The minimum absolute atomic E-state index is 0.0623. The summed E-state index contributed by atoms with van der Waals surface area (Å²) in [6.45, 7) is 9.14. The first-order valence-electron chi connectivity index (χ1n) is 11.9. The minimum atomic E-state index is -0.579. The highest BCUT2D eigenvalue weighted by atomic mass is 19.1. The molecule has 1 amide bonds. The number of fused-ring (bicyclic) bond motifs is 3. The Kier molecular flexibility index (Phi) is 5.12. The average molecular weight is 450 g/mol. The maximum Gasteiger partial charge on any atom is 0.252 e. The van der Waals surface area contributed by atoms with Crippen LogP contribution in [0.2, 0.25) is 0 Å². The number of likely N-dealkylation sites (tertiary alicyclic amines) is 1. The zero-order valence-electron chi connectivity index (χ0n) is 19.9. The summed E-state index contributed by atoms with van der Waals surface area (Å²) in [5.74, 6) is -0.123. The van der Waals surface area contributed by atoms with Gasteiger partial charge in [-0.1, -0.05) is 19.1 Å². The molecule has 2 atom stereocenters. The largest absolute Gasteiger partial charge is 0.352 e. The van der Waals surface area contributed by atoms with Crippen molar-refractivity contribution in [2.75, 3.05) is 36.5 Å². The number of amides is 1. The fourth-order valence-corrected chi connectivity index (χ4v) is 6.35. The molecule has 0 unspecified atom stereocenters. The van der Waals surface area contributed by atoms with E-state index in [1.165, 1.54) is 23.4 Å². The summed E-state index contributed by atoms with van der Waals surface area (Å²) < 4.78 is 13.1. The van der Waals surface area contributed by atoms with Gasteiger partial charge in [0.2, 0.25) is 0 Å². The first-order valence-corrected chi connectivity index (χ1v) is 11.9. The lowest BCUT2D eigenvalue weighted by atomic mass is 9.74. The molecule has 0 aromatic heterocycles. The fourth-order valence-electron chi connectivity index (χ4n) is 6.35. The van der Waals surface area contributed by atoms with Gasteiger partial charge in [-0.05, 0) is 69.1 Å². The maximum absolute atomic E-state index is 13.2. The first kappa shape index (κ1) is 22.1. The quantitative estimate of drug-likeness (QED) is 0.635. The fraction of sp³-hybridized carbons (Fsp3) is 0.481. The Morgan fingerprint density at radius 3 is 2.58 bits per heavy atom. The Morgan fingerprint density at radius 1 is 1.12 bits per heavy atom. The zero-order chi connectivity index (χ0) is 23.5. The number of para-hydroxylation sites is 1. The van der Waals surface area contributed by atoms with E-state index in [2.05, 4.69) is 34.9 Å². The van der Waals surface area contributed by atoms with Crippen LogP contribution in [0.25, 0.3) is 0 Å². The molecule has 5 nitrogen and oxygen atoms in total. The molecule has 174 valence electrons. The Bertz CT molecular complexity index is 1110. The molecule has 33 heavy (non-hydrogen) atoms. The van der Waals surface area contributed by atoms with E-state index >= 15 is 0 Å². The van der Waals surface area contributed by atoms with Gasteiger partial charge in [-0.3, -0.25) is 9.59 Å². The molecule has 2 aromatic carbocycles. The van der Waals surface area contributed by atoms with Gasteiger partial charge in [0.1, 0.15) is 11.4 Å². The van der Waals surface area contributed by atoms with Gasteiger partial charge >= 0.3 is 0 Å². The molecule has 3 heterocycles. The lowest BCUT2D eigenvalue weighted by molar-refractivity contribution is -0.123. The van der Waals surface area contributed by atoms with E-state index in [4.69, 9.17) is 0 Å². The third-order valence-corrected chi connectivity index (χ3v) is 8.02. The summed E-state index contributed by atoms with van der Waals surface area (Å²) in [5.41, 5.74) is 3.46. The number of ketones is 1. The highest BCUT2D eigenvalue weighted by Gasteiger charge is 2.59. The van der Waals surface area contributed by atoms with Crippen LogP contribution < -0.4 is 9.80 Å². The van der Waals surface area contributed by atoms with E-state index in [1.54, 1.807) is 12.1 Å². The van der Waals surface area contributed by atoms with Crippen LogP contribution in [0.15, 0.2) is 42.5 Å². The highest BCUT2D eigenvalue weighted by molar-refractivity contribution is 6.09. The lowest BCUT2D eigenvalue weighted by Crippen LogP contribution is -2.65. The number of hydrogen-bond donors (Lipinski definition) is 0. The zero-order valence-corrected chi connectivity index (χ0v) is 19.9. The predicted molar refractivity (Wildman–Crippen MR) is 129 cm³/mol. The van der Waals surface area contributed by atoms with Crippen molar-refractivity contribution in [3.63, 3.8) is 0 Å². The number of hydrogen-bond acceptors (Lipinski definition) is 4. The molecule has 5 rings (SSSR count). The van der Waals surface area contributed by atoms with Gasteiger partial charge in [0, 0.05) is 43.6 Å².